The molecule has 0 amide bonds. The topological polar surface area (TPSA) is 21.8 Å². The first kappa shape index (κ1) is 16.4. The van der Waals surface area contributed by atoms with Crippen LogP contribution in [-0.2, 0) is 11.2 Å². The molecule has 0 aliphatic carbocycles. The van der Waals surface area contributed by atoms with Crippen molar-refractivity contribution in [3.8, 4) is 5.75 Å². The maximum absolute atomic E-state index is 6.10. The van der Waals surface area contributed by atoms with Gasteiger partial charge in [-0.15, -0.1) is 0 Å². The third kappa shape index (κ3) is 4.23. The zero-order chi connectivity index (χ0) is 15.6. The van der Waals surface area contributed by atoms with Crippen LogP contribution in [0, 0.1) is 25.7 Å². The molecule has 0 saturated carbocycles. The van der Waals surface area contributed by atoms with E-state index in [0.29, 0.717) is 24.0 Å². The Morgan fingerprint density at radius 3 is 2.48 bits per heavy atom. The van der Waals surface area contributed by atoms with Crippen molar-refractivity contribution in [2.24, 2.45) is 11.8 Å². The molecule has 0 radical (unpaired) electrons. The van der Waals surface area contributed by atoms with E-state index in [1.54, 1.807) is 0 Å². The van der Waals surface area contributed by atoms with Crippen molar-refractivity contribution in [1.82, 2.24) is 0 Å². The van der Waals surface area contributed by atoms with Crippen molar-refractivity contribution in [2.75, 3.05) is 6.61 Å². The van der Waals surface area contributed by atoms with Gasteiger partial charge in [-0.3, -0.25) is 0 Å². The Morgan fingerprint density at radius 1 is 1.19 bits per heavy atom. The molecule has 3 atom stereocenters. The Morgan fingerprint density at radius 2 is 1.90 bits per heavy atom. The van der Waals surface area contributed by atoms with E-state index < -0.39 is 0 Å². The van der Waals surface area contributed by atoms with E-state index in [0.717, 1.165) is 25.2 Å². The van der Waals surface area contributed by atoms with Gasteiger partial charge < -0.3 is 9.47 Å². The number of rotatable bonds is 7. The molecule has 0 bridgehead atoms. The lowest BCUT2D eigenvalue weighted by Gasteiger charge is -2.18. The van der Waals surface area contributed by atoms with Crippen LogP contribution in [0.3, 0.4) is 0 Å². The van der Waals surface area contributed by atoms with Gasteiger partial charge in [0.05, 0.1) is 18.8 Å². The molecule has 2 nitrogen and oxygen atoms in total. The van der Waals surface area contributed by atoms with Crippen LogP contribution in [0.2, 0.25) is 0 Å². The van der Waals surface area contributed by atoms with Crippen molar-refractivity contribution in [2.45, 2.75) is 66.6 Å². The first-order chi connectivity index (χ1) is 9.92. The molecule has 2 rings (SSSR count). The number of hydrogen-bond acceptors (Lipinski definition) is 2. The summed E-state index contributed by atoms with van der Waals surface area (Å²) in [4.78, 5) is 0. The number of aryl methyl sites for hydroxylation is 2. The number of ether oxygens (including phenoxy) is 2. The van der Waals surface area contributed by atoms with Gasteiger partial charge in [0.1, 0.15) is 5.75 Å². The number of benzene rings is 1. The third-order valence-corrected chi connectivity index (χ3v) is 4.18. The second-order valence-corrected chi connectivity index (χ2v) is 7.00. The van der Waals surface area contributed by atoms with E-state index in [1.165, 1.54) is 16.7 Å². The lowest BCUT2D eigenvalue weighted by atomic mass is 9.93. The largest absolute Gasteiger partial charge is 0.493 e. The minimum atomic E-state index is 0.439. The lowest BCUT2D eigenvalue weighted by Crippen LogP contribution is -2.13. The summed E-state index contributed by atoms with van der Waals surface area (Å²) in [5.74, 6) is 2.19. The molecule has 1 heterocycles. The Kier molecular flexibility index (Phi) is 5.32. The summed E-state index contributed by atoms with van der Waals surface area (Å²) in [5, 5.41) is 0. The number of epoxide rings is 1. The predicted molar refractivity (Wildman–Crippen MR) is 88.1 cm³/mol. The van der Waals surface area contributed by atoms with E-state index in [9.17, 15) is 0 Å². The molecule has 1 aromatic rings. The van der Waals surface area contributed by atoms with Gasteiger partial charge in [0.2, 0.25) is 0 Å². The molecule has 118 valence electrons. The monoisotopic (exact) mass is 290 g/mol. The van der Waals surface area contributed by atoms with E-state index >= 15 is 0 Å². The fourth-order valence-corrected chi connectivity index (χ4v) is 3.10. The second kappa shape index (κ2) is 6.83. The van der Waals surface area contributed by atoms with Gasteiger partial charge >= 0.3 is 0 Å². The molecule has 1 fully saturated rings. The summed E-state index contributed by atoms with van der Waals surface area (Å²) in [5.41, 5.74) is 3.91. The standard InChI is InChI=1S/C19H30O2/c1-7-17-19(21-17)15(6)10-16-9-13(4)8-14(5)18(16)20-11-12(2)3/h8-9,12,15,17,19H,7,10-11H2,1-6H3. The van der Waals surface area contributed by atoms with Crippen LogP contribution in [-0.4, -0.2) is 18.8 Å². The van der Waals surface area contributed by atoms with E-state index in [2.05, 4.69) is 53.7 Å². The first-order valence-electron chi connectivity index (χ1n) is 8.30. The molecule has 3 unspecified atom stereocenters. The fourth-order valence-electron chi connectivity index (χ4n) is 3.10. The van der Waals surface area contributed by atoms with Gasteiger partial charge in [-0.25, -0.2) is 0 Å². The fraction of sp³-hybridized carbons (Fsp3) is 0.684. The zero-order valence-corrected chi connectivity index (χ0v) is 14.4. The quantitative estimate of drug-likeness (QED) is 0.679. The van der Waals surface area contributed by atoms with Gasteiger partial charge in [-0.05, 0) is 49.7 Å². The van der Waals surface area contributed by atoms with Gasteiger partial charge in [0.25, 0.3) is 0 Å². The summed E-state index contributed by atoms with van der Waals surface area (Å²) >= 11 is 0. The molecular formula is C19H30O2. The maximum atomic E-state index is 6.10. The van der Waals surface area contributed by atoms with Crippen molar-refractivity contribution in [3.05, 3.63) is 28.8 Å². The second-order valence-electron chi connectivity index (χ2n) is 7.00. The Bertz CT molecular complexity index is 479. The van der Waals surface area contributed by atoms with Crippen LogP contribution in [0.4, 0.5) is 0 Å². The van der Waals surface area contributed by atoms with Crippen molar-refractivity contribution in [1.29, 1.82) is 0 Å². The average Bonchev–Trinajstić information content (AvgIpc) is 3.16. The van der Waals surface area contributed by atoms with Gasteiger partial charge in [-0.2, -0.15) is 0 Å². The highest BCUT2D eigenvalue weighted by Crippen LogP contribution is 2.36. The summed E-state index contributed by atoms with van der Waals surface area (Å²) in [6.07, 6.45) is 3.08. The molecule has 1 aliphatic rings. The summed E-state index contributed by atoms with van der Waals surface area (Å²) in [6, 6.07) is 4.49. The SMILES string of the molecule is CCC1OC1C(C)Cc1cc(C)cc(C)c1OCC(C)C. The Balaban J connectivity index is 2.12. The van der Waals surface area contributed by atoms with E-state index in [-0.39, 0.29) is 0 Å². The molecule has 2 heteroatoms. The smallest absolute Gasteiger partial charge is 0.125 e. The van der Waals surface area contributed by atoms with Gasteiger partial charge in [0.15, 0.2) is 0 Å². The summed E-state index contributed by atoms with van der Waals surface area (Å²) in [6.45, 7) is 14.0. The van der Waals surface area contributed by atoms with Crippen LogP contribution in [0.25, 0.3) is 0 Å². The third-order valence-electron chi connectivity index (χ3n) is 4.18. The highest BCUT2D eigenvalue weighted by atomic mass is 16.6. The molecule has 1 saturated heterocycles. The van der Waals surface area contributed by atoms with Gasteiger partial charge in [-0.1, -0.05) is 45.4 Å². The molecule has 0 spiro atoms. The zero-order valence-electron chi connectivity index (χ0n) is 14.4. The highest BCUT2D eigenvalue weighted by Gasteiger charge is 2.41. The van der Waals surface area contributed by atoms with Crippen molar-refractivity contribution in [3.63, 3.8) is 0 Å². The molecular weight excluding hydrogens is 260 g/mol. The van der Waals surface area contributed by atoms with Crippen LogP contribution in [0.1, 0.15) is 50.8 Å². The van der Waals surface area contributed by atoms with Gasteiger partial charge in [0, 0.05) is 0 Å². The minimum Gasteiger partial charge on any atom is -0.493 e. The summed E-state index contributed by atoms with van der Waals surface area (Å²) < 4.78 is 11.9. The maximum Gasteiger partial charge on any atom is 0.125 e. The first-order valence-corrected chi connectivity index (χ1v) is 8.30. The normalized spacial score (nSPS) is 22.4. The van der Waals surface area contributed by atoms with Crippen molar-refractivity contribution >= 4 is 0 Å². The van der Waals surface area contributed by atoms with E-state index in [4.69, 9.17) is 9.47 Å². The molecule has 1 aliphatic heterocycles. The Hall–Kier alpha value is -1.02. The molecule has 21 heavy (non-hydrogen) atoms. The van der Waals surface area contributed by atoms with Crippen LogP contribution >= 0.6 is 0 Å². The van der Waals surface area contributed by atoms with Crippen LogP contribution < -0.4 is 4.74 Å². The highest BCUT2D eigenvalue weighted by molar-refractivity contribution is 5.44. The van der Waals surface area contributed by atoms with E-state index in [1.807, 2.05) is 0 Å². The average molecular weight is 290 g/mol. The lowest BCUT2D eigenvalue weighted by molar-refractivity contribution is 0.264. The van der Waals surface area contributed by atoms with Crippen LogP contribution in [0.15, 0.2) is 12.1 Å². The van der Waals surface area contributed by atoms with Crippen LogP contribution in [0.5, 0.6) is 5.75 Å². The molecule has 0 aromatic heterocycles. The number of hydrogen-bond donors (Lipinski definition) is 0. The molecule has 1 aromatic carbocycles. The minimum absolute atomic E-state index is 0.439. The Labute approximate surface area is 129 Å². The summed E-state index contributed by atoms with van der Waals surface area (Å²) in [7, 11) is 0. The van der Waals surface area contributed by atoms with Crippen molar-refractivity contribution < 1.29 is 9.47 Å². The predicted octanol–water partition coefficient (Wildman–Crippen LogP) is 4.69. The molecule has 0 N–H and O–H groups in total.